The highest BCUT2D eigenvalue weighted by Gasteiger charge is 2.33. The summed E-state index contributed by atoms with van der Waals surface area (Å²) < 4.78 is 28.4. The Labute approximate surface area is 114 Å². The molecule has 1 fully saturated rings. The van der Waals surface area contributed by atoms with Crippen LogP contribution in [-0.2, 0) is 16.6 Å². The molecule has 2 N–H and O–H groups in total. The molecule has 0 bridgehead atoms. The van der Waals surface area contributed by atoms with Crippen LogP contribution in [0.2, 0.25) is 0 Å². The minimum atomic E-state index is -3.51. The topological polar surface area (TPSA) is 81.2 Å². The zero-order chi connectivity index (χ0) is 14.0. The molecule has 1 aliphatic rings. The fraction of sp³-hybridized carbons (Fsp3) is 0.750. The van der Waals surface area contributed by atoms with Gasteiger partial charge >= 0.3 is 0 Å². The standard InChI is InChI=1S/C12H22N4O2S/c1-3-7-16(8-10-5-6-10)19(17,18)11-9-15(4-2)14-12(11)13/h9-10H,3-8H2,1-2H3,(H2,13,14). The summed E-state index contributed by atoms with van der Waals surface area (Å²) in [5, 5.41) is 4.02. The van der Waals surface area contributed by atoms with E-state index >= 15 is 0 Å². The Bertz CT molecular complexity index is 534. The van der Waals surface area contributed by atoms with Crippen molar-refractivity contribution < 1.29 is 8.42 Å². The summed E-state index contributed by atoms with van der Waals surface area (Å²) in [5.41, 5.74) is 5.75. The number of sulfonamides is 1. The minimum Gasteiger partial charge on any atom is -0.381 e. The van der Waals surface area contributed by atoms with E-state index in [9.17, 15) is 8.42 Å². The lowest BCUT2D eigenvalue weighted by Crippen LogP contribution is -2.33. The molecule has 1 saturated carbocycles. The summed E-state index contributed by atoms with van der Waals surface area (Å²) in [5.74, 6) is 0.613. The summed E-state index contributed by atoms with van der Waals surface area (Å²) in [6.45, 7) is 5.63. The summed E-state index contributed by atoms with van der Waals surface area (Å²) in [6, 6.07) is 0. The van der Waals surface area contributed by atoms with Crippen molar-refractivity contribution in [3.8, 4) is 0 Å². The second-order valence-corrected chi connectivity index (χ2v) is 6.95. The predicted molar refractivity (Wildman–Crippen MR) is 74.1 cm³/mol. The molecule has 0 aromatic carbocycles. The number of hydrogen-bond donors (Lipinski definition) is 1. The normalized spacial score (nSPS) is 16.2. The number of nitrogens with zero attached hydrogens (tertiary/aromatic N) is 3. The summed E-state index contributed by atoms with van der Waals surface area (Å²) in [4.78, 5) is 0.142. The fourth-order valence-corrected chi connectivity index (χ4v) is 3.73. The number of nitrogen functional groups attached to an aromatic ring is 1. The zero-order valence-electron chi connectivity index (χ0n) is 11.5. The van der Waals surface area contributed by atoms with Crippen molar-refractivity contribution in [3.63, 3.8) is 0 Å². The third-order valence-electron chi connectivity index (χ3n) is 3.33. The molecule has 0 saturated heterocycles. The van der Waals surface area contributed by atoms with Gasteiger partial charge in [0, 0.05) is 25.8 Å². The third kappa shape index (κ3) is 3.09. The number of nitrogens with two attached hydrogens (primary N) is 1. The predicted octanol–water partition coefficient (Wildman–Crippen LogP) is 1.30. The van der Waals surface area contributed by atoms with Gasteiger partial charge in [-0.1, -0.05) is 6.92 Å². The maximum absolute atomic E-state index is 12.6. The maximum atomic E-state index is 12.6. The van der Waals surface area contributed by atoms with Crippen molar-refractivity contribution in [1.29, 1.82) is 0 Å². The van der Waals surface area contributed by atoms with E-state index in [4.69, 9.17) is 5.73 Å². The van der Waals surface area contributed by atoms with Gasteiger partial charge < -0.3 is 5.73 Å². The highest BCUT2D eigenvalue weighted by molar-refractivity contribution is 7.89. The van der Waals surface area contributed by atoms with E-state index < -0.39 is 10.0 Å². The molecule has 1 aliphatic carbocycles. The molecule has 0 aliphatic heterocycles. The molecule has 1 aromatic heterocycles. The van der Waals surface area contributed by atoms with Crippen LogP contribution in [0.3, 0.4) is 0 Å². The van der Waals surface area contributed by atoms with Gasteiger partial charge in [-0.05, 0) is 32.1 Å². The van der Waals surface area contributed by atoms with Crippen molar-refractivity contribution in [1.82, 2.24) is 14.1 Å². The first kappa shape index (κ1) is 14.3. The molecule has 0 radical (unpaired) electrons. The SMILES string of the molecule is CCCN(CC1CC1)S(=O)(=O)c1cn(CC)nc1N. The van der Waals surface area contributed by atoms with E-state index in [0.717, 1.165) is 19.3 Å². The van der Waals surface area contributed by atoms with Crippen LogP contribution in [0, 0.1) is 5.92 Å². The van der Waals surface area contributed by atoms with Crippen molar-refractivity contribution in [2.24, 2.45) is 5.92 Å². The molecule has 0 atom stereocenters. The van der Waals surface area contributed by atoms with Gasteiger partial charge in [-0.3, -0.25) is 4.68 Å². The van der Waals surface area contributed by atoms with Gasteiger partial charge in [0.15, 0.2) is 5.82 Å². The smallest absolute Gasteiger partial charge is 0.248 e. The first-order valence-electron chi connectivity index (χ1n) is 6.82. The monoisotopic (exact) mass is 286 g/mol. The molecule has 1 heterocycles. The number of aryl methyl sites for hydroxylation is 1. The van der Waals surface area contributed by atoms with E-state index in [1.807, 2.05) is 13.8 Å². The second kappa shape index (κ2) is 5.50. The van der Waals surface area contributed by atoms with Crippen LogP contribution in [-0.4, -0.2) is 35.6 Å². The average Bonchev–Trinajstić information content (AvgIpc) is 3.09. The molecule has 19 heavy (non-hydrogen) atoms. The lowest BCUT2D eigenvalue weighted by molar-refractivity contribution is 0.396. The highest BCUT2D eigenvalue weighted by atomic mass is 32.2. The largest absolute Gasteiger partial charge is 0.381 e. The van der Waals surface area contributed by atoms with Crippen molar-refractivity contribution >= 4 is 15.8 Å². The zero-order valence-corrected chi connectivity index (χ0v) is 12.4. The van der Waals surface area contributed by atoms with Crippen molar-refractivity contribution in [2.75, 3.05) is 18.8 Å². The highest BCUT2D eigenvalue weighted by Crippen LogP contribution is 2.32. The maximum Gasteiger partial charge on any atom is 0.248 e. The van der Waals surface area contributed by atoms with Crippen molar-refractivity contribution in [3.05, 3.63) is 6.20 Å². The number of hydrogen-bond acceptors (Lipinski definition) is 4. The fourth-order valence-electron chi connectivity index (χ4n) is 2.07. The molecule has 7 heteroatoms. The molecule has 108 valence electrons. The van der Waals surface area contributed by atoms with Crippen LogP contribution in [0.25, 0.3) is 0 Å². The molecule has 0 spiro atoms. The number of anilines is 1. The summed E-state index contributed by atoms with van der Waals surface area (Å²) in [7, 11) is -3.51. The molecular weight excluding hydrogens is 264 g/mol. The Morgan fingerprint density at radius 2 is 2.16 bits per heavy atom. The van der Waals surface area contributed by atoms with Crippen molar-refractivity contribution in [2.45, 2.75) is 44.6 Å². The second-order valence-electron chi connectivity index (χ2n) is 5.04. The molecule has 0 unspecified atom stereocenters. The Hall–Kier alpha value is -1.08. The van der Waals surface area contributed by atoms with E-state index in [1.54, 1.807) is 8.99 Å². The van der Waals surface area contributed by atoms with Gasteiger partial charge in [0.2, 0.25) is 10.0 Å². The number of rotatable bonds is 7. The lowest BCUT2D eigenvalue weighted by atomic mass is 10.4. The van der Waals surface area contributed by atoms with Crippen LogP contribution in [0.4, 0.5) is 5.82 Å². The van der Waals surface area contributed by atoms with Gasteiger partial charge in [-0.25, -0.2) is 8.42 Å². The molecular formula is C12H22N4O2S. The molecule has 1 aromatic rings. The van der Waals surface area contributed by atoms with Crippen LogP contribution >= 0.6 is 0 Å². The Balaban J connectivity index is 2.28. The molecule has 6 nitrogen and oxygen atoms in total. The third-order valence-corrected chi connectivity index (χ3v) is 5.21. The van der Waals surface area contributed by atoms with Crippen LogP contribution in [0.15, 0.2) is 11.1 Å². The Morgan fingerprint density at radius 1 is 1.47 bits per heavy atom. The quantitative estimate of drug-likeness (QED) is 0.819. The summed E-state index contributed by atoms with van der Waals surface area (Å²) >= 11 is 0. The molecule has 2 rings (SSSR count). The van der Waals surface area contributed by atoms with Gasteiger partial charge in [-0.15, -0.1) is 0 Å². The number of aromatic nitrogens is 2. The summed E-state index contributed by atoms with van der Waals surface area (Å²) in [6.07, 6.45) is 4.58. The van der Waals surface area contributed by atoms with Gasteiger partial charge in [-0.2, -0.15) is 9.40 Å². The Kier molecular flexibility index (Phi) is 4.15. The van der Waals surface area contributed by atoms with Gasteiger partial charge in [0.1, 0.15) is 4.90 Å². The first-order chi connectivity index (χ1) is 8.98. The van der Waals surface area contributed by atoms with E-state index in [0.29, 0.717) is 25.6 Å². The van der Waals surface area contributed by atoms with Crippen LogP contribution in [0.1, 0.15) is 33.1 Å². The lowest BCUT2D eigenvalue weighted by Gasteiger charge is -2.20. The van der Waals surface area contributed by atoms with Crippen LogP contribution < -0.4 is 5.73 Å². The first-order valence-corrected chi connectivity index (χ1v) is 8.26. The molecule has 0 amide bonds. The minimum absolute atomic E-state index is 0.0961. The average molecular weight is 286 g/mol. The Morgan fingerprint density at radius 3 is 2.63 bits per heavy atom. The van der Waals surface area contributed by atoms with Crippen LogP contribution in [0.5, 0.6) is 0 Å². The van der Waals surface area contributed by atoms with E-state index in [-0.39, 0.29) is 10.7 Å². The van der Waals surface area contributed by atoms with Gasteiger partial charge in [0.05, 0.1) is 0 Å². The van der Waals surface area contributed by atoms with E-state index in [2.05, 4.69) is 5.10 Å². The van der Waals surface area contributed by atoms with Gasteiger partial charge in [0.25, 0.3) is 0 Å². The van der Waals surface area contributed by atoms with E-state index in [1.165, 1.54) is 6.20 Å².